The van der Waals surface area contributed by atoms with Gasteiger partial charge >= 0.3 is 0 Å². The number of aliphatic imine (C=N–C) groups is 1. The Morgan fingerprint density at radius 3 is 2.58 bits per heavy atom. The number of rotatable bonds is 4. The van der Waals surface area contributed by atoms with E-state index in [4.69, 9.17) is 14.2 Å². The number of benzene rings is 2. The van der Waals surface area contributed by atoms with Crippen LogP contribution in [0.1, 0.15) is 19.4 Å². The van der Waals surface area contributed by atoms with Gasteiger partial charge in [-0.15, -0.1) is 0 Å². The second kappa shape index (κ2) is 6.48. The Morgan fingerprint density at radius 1 is 1.21 bits per heavy atom. The summed E-state index contributed by atoms with van der Waals surface area (Å²) >= 11 is 0. The zero-order valence-corrected chi connectivity index (χ0v) is 13.9. The van der Waals surface area contributed by atoms with E-state index in [1.165, 1.54) is 6.08 Å². The van der Waals surface area contributed by atoms with Crippen LogP contribution in [-0.2, 0) is 16.0 Å². The fourth-order valence-corrected chi connectivity index (χ4v) is 2.72. The standard InChI is InChI=1S/C19H19NO4/c1-13-10-14-4-7-17(11-18(14)24-19(13,2)22-3)23-16-8-5-15(6-9-16)20-12-21/h4-9,11,13H,10H2,1-3H3. The Balaban J connectivity index is 1.81. The summed E-state index contributed by atoms with van der Waals surface area (Å²) in [6.45, 7) is 4.06. The molecular formula is C19H19NO4. The van der Waals surface area contributed by atoms with Gasteiger partial charge in [-0.2, -0.15) is 4.99 Å². The SMILES string of the molecule is COC1(C)Oc2cc(Oc3ccc(N=C=O)cc3)ccc2CC1C. The minimum Gasteiger partial charge on any atom is -0.462 e. The van der Waals surface area contributed by atoms with E-state index in [2.05, 4.69) is 11.9 Å². The molecule has 0 amide bonds. The summed E-state index contributed by atoms with van der Waals surface area (Å²) in [6, 6.07) is 12.7. The molecule has 5 nitrogen and oxygen atoms in total. The third-order valence-electron chi connectivity index (χ3n) is 4.42. The van der Waals surface area contributed by atoms with Gasteiger partial charge in [-0.3, -0.25) is 0 Å². The Hall–Kier alpha value is -2.62. The molecular weight excluding hydrogens is 306 g/mol. The number of hydrogen-bond donors (Lipinski definition) is 0. The lowest BCUT2D eigenvalue weighted by Crippen LogP contribution is -2.45. The van der Waals surface area contributed by atoms with E-state index in [1.807, 2.05) is 25.1 Å². The number of carbonyl (C=O) groups excluding carboxylic acids is 1. The maximum atomic E-state index is 10.2. The predicted octanol–water partition coefficient (Wildman–Crippen LogP) is 4.38. The number of ether oxygens (including phenoxy) is 3. The number of fused-ring (bicyclic) bond motifs is 1. The van der Waals surface area contributed by atoms with Crippen molar-refractivity contribution in [3.05, 3.63) is 48.0 Å². The molecule has 0 saturated heterocycles. The van der Waals surface area contributed by atoms with Crippen LogP contribution in [0.4, 0.5) is 5.69 Å². The van der Waals surface area contributed by atoms with Crippen molar-refractivity contribution in [2.24, 2.45) is 10.9 Å². The minimum atomic E-state index is -0.639. The molecule has 0 saturated carbocycles. The van der Waals surface area contributed by atoms with E-state index in [9.17, 15) is 4.79 Å². The van der Waals surface area contributed by atoms with Crippen LogP contribution < -0.4 is 9.47 Å². The molecule has 0 spiro atoms. The molecule has 124 valence electrons. The average molecular weight is 325 g/mol. The summed E-state index contributed by atoms with van der Waals surface area (Å²) in [5.74, 6) is 1.72. The summed E-state index contributed by atoms with van der Waals surface area (Å²) < 4.78 is 17.4. The topological polar surface area (TPSA) is 57.1 Å². The summed E-state index contributed by atoms with van der Waals surface area (Å²) in [7, 11) is 1.66. The Labute approximate surface area is 140 Å². The van der Waals surface area contributed by atoms with Crippen LogP contribution in [0.25, 0.3) is 0 Å². The van der Waals surface area contributed by atoms with Gasteiger partial charge in [0.15, 0.2) is 0 Å². The fourth-order valence-electron chi connectivity index (χ4n) is 2.72. The van der Waals surface area contributed by atoms with Gasteiger partial charge in [-0.1, -0.05) is 13.0 Å². The third-order valence-corrected chi connectivity index (χ3v) is 4.42. The van der Waals surface area contributed by atoms with Crippen LogP contribution in [0.2, 0.25) is 0 Å². The Kier molecular flexibility index (Phi) is 4.38. The van der Waals surface area contributed by atoms with Gasteiger partial charge in [0.2, 0.25) is 11.9 Å². The first-order chi connectivity index (χ1) is 11.5. The first-order valence-corrected chi connectivity index (χ1v) is 7.77. The number of hydrogen-bond acceptors (Lipinski definition) is 5. The lowest BCUT2D eigenvalue weighted by atomic mass is 9.90. The summed E-state index contributed by atoms with van der Waals surface area (Å²) in [6.07, 6.45) is 2.40. The molecule has 0 radical (unpaired) electrons. The van der Waals surface area contributed by atoms with Crippen molar-refractivity contribution in [1.82, 2.24) is 0 Å². The van der Waals surface area contributed by atoms with Crippen molar-refractivity contribution in [2.75, 3.05) is 7.11 Å². The van der Waals surface area contributed by atoms with Gasteiger partial charge in [-0.25, -0.2) is 4.79 Å². The predicted molar refractivity (Wildman–Crippen MR) is 89.6 cm³/mol. The van der Waals surface area contributed by atoms with E-state index in [0.29, 0.717) is 17.2 Å². The van der Waals surface area contributed by atoms with Crippen molar-refractivity contribution in [2.45, 2.75) is 26.1 Å². The Bertz CT molecular complexity index is 780. The molecule has 5 heteroatoms. The lowest BCUT2D eigenvalue weighted by Gasteiger charge is -2.39. The van der Waals surface area contributed by atoms with E-state index in [0.717, 1.165) is 17.7 Å². The highest BCUT2D eigenvalue weighted by molar-refractivity contribution is 5.51. The fraction of sp³-hybridized carbons (Fsp3) is 0.316. The van der Waals surface area contributed by atoms with Crippen LogP contribution in [0, 0.1) is 5.92 Å². The van der Waals surface area contributed by atoms with Crippen molar-refractivity contribution in [3.8, 4) is 17.2 Å². The van der Waals surface area contributed by atoms with Crippen LogP contribution >= 0.6 is 0 Å². The molecule has 0 aromatic heterocycles. The van der Waals surface area contributed by atoms with E-state index >= 15 is 0 Å². The third kappa shape index (κ3) is 3.18. The van der Waals surface area contributed by atoms with Gasteiger partial charge in [0.25, 0.3) is 0 Å². The number of nitrogens with zero attached hydrogens (tertiary/aromatic N) is 1. The normalized spacial score (nSPS) is 22.0. The monoisotopic (exact) mass is 325 g/mol. The molecule has 1 heterocycles. The van der Waals surface area contributed by atoms with Crippen molar-refractivity contribution < 1.29 is 19.0 Å². The zero-order valence-electron chi connectivity index (χ0n) is 13.9. The smallest absolute Gasteiger partial charge is 0.240 e. The van der Waals surface area contributed by atoms with Gasteiger partial charge in [0.1, 0.15) is 17.2 Å². The van der Waals surface area contributed by atoms with Gasteiger partial charge < -0.3 is 14.2 Å². The molecule has 1 aliphatic rings. The highest BCUT2D eigenvalue weighted by Gasteiger charge is 2.38. The number of isocyanates is 1. The van der Waals surface area contributed by atoms with Gasteiger partial charge in [0.05, 0.1) is 5.69 Å². The van der Waals surface area contributed by atoms with Crippen LogP contribution in [-0.4, -0.2) is 19.0 Å². The summed E-state index contributed by atoms with van der Waals surface area (Å²) in [5, 5.41) is 0. The second-order valence-corrected chi connectivity index (χ2v) is 6.00. The largest absolute Gasteiger partial charge is 0.462 e. The van der Waals surface area contributed by atoms with Crippen LogP contribution in [0.15, 0.2) is 47.5 Å². The first-order valence-electron chi connectivity index (χ1n) is 7.77. The molecule has 2 unspecified atom stereocenters. The van der Waals surface area contributed by atoms with E-state index in [1.54, 1.807) is 31.4 Å². The molecule has 0 aliphatic carbocycles. The summed E-state index contributed by atoms with van der Waals surface area (Å²) in [5.41, 5.74) is 1.68. The minimum absolute atomic E-state index is 0.257. The van der Waals surface area contributed by atoms with Crippen molar-refractivity contribution in [1.29, 1.82) is 0 Å². The van der Waals surface area contributed by atoms with E-state index in [-0.39, 0.29) is 5.92 Å². The maximum absolute atomic E-state index is 10.2. The molecule has 0 N–H and O–H groups in total. The maximum Gasteiger partial charge on any atom is 0.240 e. The second-order valence-electron chi connectivity index (χ2n) is 6.00. The highest BCUT2D eigenvalue weighted by Crippen LogP contribution is 2.39. The van der Waals surface area contributed by atoms with Gasteiger partial charge in [-0.05, 0) is 42.3 Å². The highest BCUT2D eigenvalue weighted by atomic mass is 16.7. The first kappa shape index (κ1) is 16.2. The average Bonchev–Trinajstić information content (AvgIpc) is 2.58. The molecule has 3 rings (SSSR count). The van der Waals surface area contributed by atoms with Gasteiger partial charge in [0, 0.05) is 26.0 Å². The number of methoxy groups -OCH3 is 1. The van der Waals surface area contributed by atoms with Crippen molar-refractivity contribution in [3.63, 3.8) is 0 Å². The van der Waals surface area contributed by atoms with Crippen LogP contribution in [0.5, 0.6) is 17.2 Å². The molecule has 24 heavy (non-hydrogen) atoms. The zero-order chi connectivity index (χ0) is 17.2. The van der Waals surface area contributed by atoms with Crippen LogP contribution in [0.3, 0.4) is 0 Å². The molecule has 2 atom stereocenters. The van der Waals surface area contributed by atoms with E-state index < -0.39 is 5.79 Å². The van der Waals surface area contributed by atoms with Crippen molar-refractivity contribution >= 4 is 11.8 Å². The quantitative estimate of drug-likeness (QED) is 0.618. The summed E-state index contributed by atoms with van der Waals surface area (Å²) in [4.78, 5) is 13.8. The molecule has 2 aromatic rings. The lowest BCUT2D eigenvalue weighted by molar-refractivity contribution is -0.190. The molecule has 1 aliphatic heterocycles. The Morgan fingerprint density at radius 2 is 1.92 bits per heavy atom. The molecule has 0 bridgehead atoms. The molecule has 2 aromatic carbocycles. The molecule has 0 fully saturated rings.